The Morgan fingerprint density at radius 3 is 1.67 bits per heavy atom. The molecule has 1 atom stereocenters. The van der Waals surface area contributed by atoms with Gasteiger partial charge in [-0.3, -0.25) is 13.9 Å². The summed E-state index contributed by atoms with van der Waals surface area (Å²) in [5, 5.41) is 8.47. The molecule has 0 saturated heterocycles. The molecule has 0 bridgehead atoms. The fourth-order valence-electron chi connectivity index (χ4n) is 0.925. The van der Waals surface area contributed by atoms with E-state index in [0.29, 0.717) is 0 Å². The van der Waals surface area contributed by atoms with Gasteiger partial charge in [-0.1, -0.05) is 6.92 Å². The number of carboxylic acid groups (broad SMARTS) is 1. The average Bonchev–Trinajstić information content (AvgIpc) is 1.93. The van der Waals surface area contributed by atoms with Crippen LogP contribution >= 0.6 is 15.2 Å². The summed E-state index contributed by atoms with van der Waals surface area (Å²) in [5.41, 5.74) is -3.58. The van der Waals surface area contributed by atoms with Crippen molar-refractivity contribution in [3.8, 4) is 0 Å². The van der Waals surface area contributed by atoms with E-state index in [-0.39, 0.29) is 0 Å². The Hall–Kier alpha value is -0.230. The Morgan fingerprint density at radius 2 is 1.60 bits per heavy atom. The Labute approximate surface area is 85.3 Å². The molecule has 5 N–H and O–H groups in total. The standard InChI is InChI=1S/C5H10O8P2/c1-2-3(14(8,9)10)4(5(6)7)15(11,12)13/h3H,1-2H2,(H,6,7)(H2,8,9,10)(H2,11,12,13). The smallest absolute Gasteiger partial charge is 0.345 e. The summed E-state index contributed by atoms with van der Waals surface area (Å²) in [6, 6.07) is 0. The molecule has 8 nitrogen and oxygen atoms in total. The molecule has 0 aromatic carbocycles. The highest BCUT2D eigenvalue weighted by atomic mass is 31.2. The molecule has 10 heteroatoms. The maximum Gasteiger partial charge on any atom is 0.345 e. The fourth-order valence-corrected chi connectivity index (χ4v) is 3.36. The van der Waals surface area contributed by atoms with Crippen LogP contribution in [0.5, 0.6) is 0 Å². The molecule has 1 unspecified atom stereocenters. The molecule has 88 valence electrons. The molecule has 0 aromatic rings. The van der Waals surface area contributed by atoms with Crippen molar-refractivity contribution in [3.63, 3.8) is 0 Å². The van der Waals surface area contributed by atoms with E-state index >= 15 is 0 Å². The Morgan fingerprint density at radius 1 is 1.20 bits per heavy atom. The van der Waals surface area contributed by atoms with E-state index in [2.05, 4.69) is 6.92 Å². The van der Waals surface area contributed by atoms with Gasteiger partial charge in [0.15, 0.2) is 0 Å². The first-order valence-corrected chi connectivity index (χ1v) is 6.82. The molecule has 0 rings (SSSR count). The van der Waals surface area contributed by atoms with Crippen LogP contribution in [0.3, 0.4) is 0 Å². The lowest BCUT2D eigenvalue weighted by molar-refractivity contribution is -0.134. The van der Waals surface area contributed by atoms with Gasteiger partial charge < -0.3 is 24.7 Å². The first-order chi connectivity index (χ1) is 6.51. The molecule has 0 amide bonds. The zero-order valence-corrected chi connectivity index (χ0v) is 9.14. The van der Waals surface area contributed by atoms with E-state index < -0.39 is 38.9 Å². The molecular formula is C5H10O8P2. The molecule has 0 saturated carbocycles. The van der Waals surface area contributed by atoms with Gasteiger partial charge in [0, 0.05) is 0 Å². The lowest BCUT2D eigenvalue weighted by Gasteiger charge is -2.22. The van der Waals surface area contributed by atoms with E-state index in [9.17, 15) is 13.9 Å². The predicted molar refractivity (Wildman–Crippen MR) is 48.7 cm³/mol. The molecule has 15 heavy (non-hydrogen) atoms. The van der Waals surface area contributed by atoms with Crippen LogP contribution in [-0.4, -0.2) is 36.3 Å². The van der Waals surface area contributed by atoms with Crippen molar-refractivity contribution in [2.45, 2.75) is 12.1 Å². The largest absolute Gasteiger partial charge is 0.480 e. The molecule has 0 aliphatic carbocycles. The summed E-state index contributed by atoms with van der Waals surface area (Å²) in [7, 11) is -10.2. The zero-order chi connectivity index (χ0) is 12.4. The topological polar surface area (TPSA) is 152 Å². The summed E-state index contributed by atoms with van der Waals surface area (Å²) in [6.07, 6.45) is -0.628. The monoisotopic (exact) mass is 260 g/mol. The minimum absolute atomic E-state index is 0.628. The molecule has 0 aliphatic rings. The summed E-state index contributed by atoms with van der Waals surface area (Å²) in [5.74, 6) is -2.04. The minimum atomic E-state index is -5.22. The third-order valence-corrected chi connectivity index (χ3v) is 4.19. The third-order valence-electron chi connectivity index (χ3n) is 1.53. The molecule has 0 heterocycles. The Bertz CT molecular complexity index is 326. The van der Waals surface area contributed by atoms with Crippen LogP contribution in [-0.2, 0) is 13.9 Å². The van der Waals surface area contributed by atoms with Gasteiger partial charge in [-0.2, -0.15) is 0 Å². The van der Waals surface area contributed by atoms with Gasteiger partial charge in [0.1, 0.15) is 0 Å². The van der Waals surface area contributed by atoms with Crippen molar-refractivity contribution in [1.29, 1.82) is 0 Å². The van der Waals surface area contributed by atoms with Gasteiger partial charge in [-0.15, -0.1) is 0 Å². The summed E-state index contributed by atoms with van der Waals surface area (Å²) < 4.78 is 21.5. The Balaban J connectivity index is 5.35. The van der Waals surface area contributed by atoms with Crippen molar-refractivity contribution in [1.82, 2.24) is 0 Å². The van der Waals surface area contributed by atoms with Gasteiger partial charge in [0.2, 0.25) is 5.66 Å². The van der Waals surface area contributed by atoms with Crippen molar-refractivity contribution >= 4 is 21.2 Å². The second kappa shape index (κ2) is 4.74. The van der Waals surface area contributed by atoms with Crippen LogP contribution in [0.1, 0.15) is 6.42 Å². The van der Waals surface area contributed by atoms with Gasteiger partial charge in [-0.05, 0) is 6.42 Å². The van der Waals surface area contributed by atoms with Gasteiger partial charge in [0.05, 0.1) is 5.66 Å². The highest BCUT2D eigenvalue weighted by Crippen LogP contribution is 2.59. The van der Waals surface area contributed by atoms with Crippen LogP contribution in [0.4, 0.5) is 0 Å². The van der Waals surface area contributed by atoms with Crippen molar-refractivity contribution in [2.24, 2.45) is 0 Å². The number of carbonyl (C=O) groups is 1. The van der Waals surface area contributed by atoms with E-state index in [1.54, 1.807) is 0 Å². The van der Waals surface area contributed by atoms with Crippen LogP contribution in [0.2, 0.25) is 0 Å². The molecule has 0 spiro atoms. The maximum absolute atomic E-state index is 10.8. The number of aliphatic carboxylic acids is 1. The first kappa shape index (κ1) is 14.8. The average molecular weight is 260 g/mol. The molecule has 2 radical (unpaired) electrons. The number of hydrogen-bond donors (Lipinski definition) is 5. The highest BCUT2D eigenvalue weighted by molar-refractivity contribution is 7.60. The summed E-state index contributed by atoms with van der Waals surface area (Å²) in [6.45, 7) is 3.05. The van der Waals surface area contributed by atoms with Crippen LogP contribution < -0.4 is 0 Å². The van der Waals surface area contributed by atoms with Crippen molar-refractivity contribution in [2.75, 3.05) is 0 Å². The van der Waals surface area contributed by atoms with E-state index in [1.807, 2.05) is 0 Å². The van der Waals surface area contributed by atoms with Crippen LogP contribution in [0, 0.1) is 12.6 Å². The summed E-state index contributed by atoms with van der Waals surface area (Å²) >= 11 is 0. The zero-order valence-electron chi connectivity index (χ0n) is 7.35. The fraction of sp³-hybridized carbons (Fsp3) is 0.400. The normalized spacial score (nSPS) is 15.3. The lowest BCUT2D eigenvalue weighted by atomic mass is 10.2. The number of hydrogen-bond acceptors (Lipinski definition) is 3. The third kappa shape index (κ3) is 4.03. The van der Waals surface area contributed by atoms with Crippen LogP contribution in [0.15, 0.2) is 0 Å². The second-order valence-electron chi connectivity index (χ2n) is 2.63. The molecule has 0 aliphatic heterocycles. The maximum atomic E-state index is 10.8. The van der Waals surface area contributed by atoms with E-state index in [1.165, 1.54) is 0 Å². The highest BCUT2D eigenvalue weighted by Gasteiger charge is 2.50. The van der Waals surface area contributed by atoms with Crippen LogP contribution in [0.25, 0.3) is 0 Å². The van der Waals surface area contributed by atoms with Gasteiger partial charge >= 0.3 is 21.2 Å². The number of rotatable bonds is 5. The lowest BCUT2D eigenvalue weighted by Crippen LogP contribution is -2.26. The predicted octanol–water partition coefficient (Wildman–Crippen LogP) is -0.449. The SMILES string of the molecule is [CH2]CC([C](C(=O)O)P(=O)(O)O)P(=O)(O)O. The van der Waals surface area contributed by atoms with Crippen molar-refractivity contribution in [3.05, 3.63) is 12.6 Å². The second-order valence-corrected chi connectivity index (χ2v) is 6.00. The quantitative estimate of drug-likeness (QED) is 0.416. The molecule has 0 aromatic heterocycles. The van der Waals surface area contributed by atoms with Gasteiger partial charge in [0.25, 0.3) is 0 Å². The van der Waals surface area contributed by atoms with E-state index in [4.69, 9.17) is 24.7 Å². The summed E-state index contributed by atoms with van der Waals surface area (Å²) in [4.78, 5) is 45.2. The van der Waals surface area contributed by atoms with E-state index in [0.717, 1.165) is 0 Å². The first-order valence-electron chi connectivity index (χ1n) is 3.52. The number of carboxylic acids is 1. The van der Waals surface area contributed by atoms with Crippen molar-refractivity contribution < 1.29 is 38.6 Å². The molecular weight excluding hydrogens is 250 g/mol. The minimum Gasteiger partial charge on any atom is -0.480 e. The Kier molecular flexibility index (Phi) is 4.67. The van der Waals surface area contributed by atoms with Gasteiger partial charge in [-0.25, -0.2) is 0 Å². The molecule has 0 fully saturated rings.